The number of nitrogens with one attached hydrogen (secondary N) is 2. The molecule has 1 unspecified atom stereocenters. The third-order valence-corrected chi connectivity index (χ3v) is 3.03. The first-order valence-electron chi connectivity index (χ1n) is 5.89. The summed E-state index contributed by atoms with van der Waals surface area (Å²) in [5.74, 6) is -3.49. The molecule has 22 heavy (non-hydrogen) atoms. The van der Waals surface area contributed by atoms with Crippen LogP contribution in [0.5, 0.6) is 0 Å². The van der Waals surface area contributed by atoms with Gasteiger partial charge >= 0.3 is 5.97 Å². The number of carbonyl (C=O) groups is 4. The first-order chi connectivity index (χ1) is 10.3. The van der Waals surface area contributed by atoms with Crippen molar-refractivity contribution in [2.75, 3.05) is 19.0 Å². The highest BCUT2D eigenvalue weighted by Gasteiger charge is 2.24. The van der Waals surface area contributed by atoms with Crippen molar-refractivity contribution in [3.63, 3.8) is 0 Å². The molecule has 3 amide bonds. The summed E-state index contributed by atoms with van der Waals surface area (Å²) in [6, 6.07) is -1.45. The van der Waals surface area contributed by atoms with Gasteiger partial charge in [0.05, 0.1) is 6.42 Å². The lowest BCUT2D eigenvalue weighted by Gasteiger charge is -2.11. The van der Waals surface area contributed by atoms with Crippen molar-refractivity contribution in [3.8, 4) is 0 Å². The van der Waals surface area contributed by atoms with Gasteiger partial charge in [-0.2, -0.15) is 0 Å². The SMILES string of the molecule is COCC(=O)Nc1nc(C(=O)NC(CC(N)=O)C(=O)O)cs1. The Morgan fingerprint density at radius 2 is 2.14 bits per heavy atom. The molecule has 0 aromatic carbocycles. The van der Waals surface area contributed by atoms with E-state index in [0.717, 1.165) is 11.3 Å². The number of primary amides is 1. The average molecular weight is 330 g/mol. The summed E-state index contributed by atoms with van der Waals surface area (Å²) in [6.45, 7) is -0.166. The van der Waals surface area contributed by atoms with Crippen molar-refractivity contribution in [2.45, 2.75) is 12.5 Å². The summed E-state index contributed by atoms with van der Waals surface area (Å²) in [4.78, 5) is 48.6. The van der Waals surface area contributed by atoms with Crippen LogP contribution in [0.1, 0.15) is 16.9 Å². The number of rotatable bonds is 8. The van der Waals surface area contributed by atoms with Crippen molar-refractivity contribution >= 4 is 40.2 Å². The van der Waals surface area contributed by atoms with Gasteiger partial charge in [-0.1, -0.05) is 0 Å². The molecule has 1 aromatic heterocycles. The van der Waals surface area contributed by atoms with E-state index in [1.54, 1.807) is 0 Å². The Morgan fingerprint density at radius 1 is 1.45 bits per heavy atom. The molecule has 0 saturated heterocycles. The molecule has 120 valence electrons. The molecule has 0 radical (unpaired) electrons. The van der Waals surface area contributed by atoms with Gasteiger partial charge in [0, 0.05) is 12.5 Å². The van der Waals surface area contributed by atoms with Gasteiger partial charge in [0.1, 0.15) is 18.3 Å². The monoisotopic (exact) mass is 330 g/mol. The number of hydrogen-bond donors (Lipinski definition) is 4. The summed E-state index contributed by atoms with van der Waals surface area (Å²) in [6.07, 6.45) is -0.539. The molecule has 0 spiro atoms. The maximum absolute atomic E-state index is 11.8. The number of nitrogens with zero attached hydrogens (tertiary/aromatic N) is 1. The first kappa shape index (κ1) is 17.5. The summed E-state index contributed by atoms with van der Waals surface area (Å²) < 4.78 is 4.62. The lowest BCUT2D eigenvalue weighted by Crippen LogP contribution is -2.43. The molecule has 1 rings (SSSR count). The van der Waals surface area contributed by atoms with Crippen molar-refractivity contribution in [3.05, 3.63) is 11.1 Å². The first-order valence-corrected chi connectivity index (χ1v) is 6.77. The Balaban J connectivity index is 2.69. The molecule has 0 aliphatic rings. The predicted molar refractivity (Wildman–Crippen MR) is 75.3 cm³/mol. The Kier molecular flexibility index (Phi) is 6.41. The van der Waals surface area contributed by atoms with E-state index in [9.17, 15) is 19.2 Å². The number of carboxylic acid groups (broad SMARTS) is 1. The van der Waals surface area contributed by atoms with Gasteiger partial charge in [-0.05, 0) is 0 Å². The van der Waals surface area contributed by atoms with Gasteiger partial charge < -0.3 is 20.9 Å². The summed E-state index contributed by atoms with van der Waals surface area (Å²) in [5, 5.41) is 14.9. The van der Waals surface area contributed by atoms with Crippen LogP contribution < -0.4 is 16.4 Å². The highest BCUT2D eigenvalue weighted by atomic mass is 32.1. The van der Waals surface area contributed by atoms with E-state index in [1.165, 1.54) is 12.5 Å². The highest BCUT2D eigenvalue weighted by molar-refractivity contribution is 7.14. The zero-order chi connectivity index (χ0) is 16.7. The quantitative estimate of drug-likeness (QED) is 0.465. The number of ether oxygens (including phenoxy) is 1. The second-order valence-corrected chi connectivity index (χ2v) is 4.91. The van der Waals surface area contributed by atoms with Crippen LogP contribution in [0.15, 0.2) is 5.38 Å². The van der Waals surface area contributed by atoms with Gasteiger partial charge in [-0.3, -0.25) is 19.7 Å². The van der Waals surface area contributed by atoms with Gasteiger partial charge in [0.15, 0.2) is 5.13 Å². The fourth-order valence-electron chi connectivity index (χ4n) is 1.36. The van der Waals surface area contributed by atoms with Gasteiger partial charge in [0.2, 0.25) is 5.91 Å². The van der Waals surface area contributed by atoms with Gasteiger partial charge in [-0.25, -0.2) is 9.78 Å². The van der Waals surface area contributed by atoms with Crippen LogP contribution in [0, 0.1) is 0 Å². The van der Waals surface area contributed by atoms with E-state index in [-0.39, 0.29) is 17.4 Å². The van der Waals surface area contributed by atoms with Crippen LogP contribution in [-0.2, 0) is 19.1 Å². The number of amides is 3. The molecular formula is C11H14N4O6S. The molecule has 0 aliphatic carbocycles. The molecule has 5 N–H and O–H groups in total. The molecule has 0 aliphatic heterocycles. The number of carbonyl (C=O) groups excluding carboxylic acids is 3. The molecular weight excluding hydrogens is 316 g/mol. The van der Waals surface area contributed by atoms with Crippen LogP contribution in [0.2, 0.25) is 0 Å². The largest absolute Gasteiger partial charge is 0.480 e. The predicted octanol–water partition coefficient (Wildman–Crippen LogP) is -1.21. The van der Waals surface area contributed by atoms with Gasteiger partial charge in [-0.15, -0.1) is 11.3 Å². The number of anilines is 1. The minimum Gasteiger partial charge on any atom is -0.480 e. The highest BCUT2D eigenvalue weighted by Crippen LogP contribution is 2.15. The Labute approximate surface area is 128 Å². The van der Waals surface area contributed by atoms with E-state index < -0.39 is 36.2 Å². The number of methoxy groups -OCH3 is 1. The number of carboxylic acids is 1. The minimum atomic E-state index is -1.45. The third kappa shape index (κ3) is 5.46. The van der Waals surface area contributed by atoms with Crippen LogP contribution in [0.25, 0.3) is 0 Å². The number of nitrogens with two attached hydrogens (primary N) is 1. The minimum absolute atomic E-state index is 0.0894. The Morgan fingerprint density at radius 3 is 2.68 bits per heavy atom. The van der Waals surface area contributed by atoms with E-state index >= 15 is 0 Å². The zero-order valence-corrected chi connectivity index (χ0v) is 12.3. The Bertz CT molecular complexity index is 587. The smallest absolute Gasteiger partial charge is 0.326 e. The number of aromatic nitrogens is 1. The molecule has 0 bridgehead atoms. The molecule has 1 aromatic rings. The van der Waals surface area contributed by atoms with Crippen molar-refractivity contribution in [2.24, 2.45) is 5.73 Å². The molecule has 1 heterocycles. The molecule has 0 saturated carbocycles. The van der Waals surface area contributed by atoms with E-state index in [4.69, 9.17) is 10.8 Å². The summed E-state index contributed by atoms with van der Waals surface area (Å²) >= 11 is 0.983. The topological polar surface area (TPSA) is 161 Å². The zero-order valence-electron chi connectivity index (χ0n) is 11.5. The molecule has 1 atom stereocenters. The second kappa shape index (κ2) is 8.05. The fraction of sp³-hybridized carbons (Fsp3) is 0.364. The van der Waals surface area contributed by atoms with Gasteiger partial charge in [0.25, 0.3) is 11.8 Å². The standard InChI is InChI=1S/C11H14N4O6S/c1-21-3-8(17)15-11-14-6(4-22-11)9(18)13-5(10(19)20)2-7(12)16/h4-5H,2-3H2,1H3,(H2,12,16)(H,13,18)(H,19,20)(H,14,15,17). The Hall–Kier alpha value is -2.53. The maximum Gasteiger partial charge on any atom is 0.326 e. The van der Waals surface area contributed by atoms with Crippen LogP contribution >= 0.6 is 11.3 Å². The van der Waals surface area contributed by atoms with E-state index in [1.807, 2.05) is 0 Å². The average Bonchev–Trinajstić information content (AvgIpc) is 2.86. The number of aliphatic carboxylic acids is 1. The number of thiazole rings is 1. The van der Waals surface area contributed by atoms with Crippen LogP contribution in [0.4, 0.5) is 5.13 Å². The lowest BCUT2D eigenvalue weighted by molar-refractivity contribution is -0.140. The van der Waals surface area contributed by atoms with Crippen molar-refractivity contribution < 1.29 is 29.0 Å². The third-order valence-electron chi connectivity index (χ3n) is 2.27. The van der Waals surface area contributed by atoms with E-state index in [0.29, 0.717) is 0 Å². The van der Waals surface area contributed by atoms with Crippen molar-refractivity contribution in [1.82, 2.24) is 10.3 Å². The summed E-state index contributed by atoms with van der Waals surface area (Å²) in [5.41, 5.74) is 4.82. The number of hydrogen-bond acceptors (Lipinski definition) is 7. The summed E-state index contributed by atoms with van der Waals surface area (Å²) in [7, 11) is 1.35. The van der Waals surface area contributed by atoms with Crippen molar-refractivity contribution in [1.29, 1.82) is 0 Å². The molecule has 0 fully saturated rings. The maximum atomic E-state index is 11.8. The van der Waals surface area contributed by atoms with E-state index in [2.05, 4.69) is 20.4 Å². The molecule has 10 nitrogen and oxygen atoms in total. The molecule has 11 heteroatoms. The fourth-order valence-corrected chi connectivity index (χ4v) is 2.06. The van der Waals surface area contributed by atoms with Crippen LogP contribution in [-0.4, -0.2) is 53.5 Å². The lowest BCUT2D eigenvalue weighted by atomic mass is 10.2. The van der Waals surface area contributed by atoms with Crippen LogP contribution in [0.3, 0.4) is 0 Å². The second-order valence-electron chi connectivity index (χ2n) is 4.05. The normalized spacial score (nSPS) is 11.5.